The van der Waals surface area contributed by atoms with Crippen LogP contribution in [0.4, 0.5) is 14.9 Å². The summed E-state index contributed by atoms with van der Waals surface area (Å²) in [6.45, 7) is 8.68. The molecule has 0 saturated carbocycles. The molecule has 0 aliphatic carbocycles. The van der Waals surface area contributed by atoms with Gasteiger partial charge in [-0.1, -0.05) is 0 Å². The number of hydrogen-bond donors (Lipinski definition) is 1. The molecule has 4 nitrogen and oxygen atoms in total. The summed E-state index contributed by atoms with van der Waals surface area (Å²) in [5, 5.41) is 3.38. The van der Waals surface area contributed by atoms with Crippen molar-refractivity contribution in [2.75, 3.05) is 18.4 Å². The molecule has 0 bridgehead atoms. The van der Waals surface area contributed by atoms with Gasteiger partial charge >= 0.3 is 6.09 Å². The zero-order valence-electron chi connectivity index (χ0n) is 13.4. The van der Waals surface area contributed by atoms with Crippen molar-refractivity contribution < 1.29 is 13.9 Å². The van der Waals surface area contributed by atoms with E-state index in [-0.39, 0.29) is 18.0 Å². The lowest BCUT2D eigenvalue weighted by atomic mass is 10.1. The third-order valence-electron chi connectivity index (χ3n) is 3.47. The molecule has 0 spiro atoms. The highest BCUT2D eigenvalue weighted by atomic mass is 79.9. The molecule has 0 aromatic heterocycles. The third kappa shape index (κ3) is 4.35. The van der Waals surface area contributed by atoms with Crippen LogP contribution in [0.3, 0.4) is 0 Å². The van der Waals surface area contributed by atoms with Crippen molar-refractivity contribution in [3.8, 4) is 0 Å². The largest absolute Gasteiger partial charge is 0.444 e. The second-order valence-corrected chi connectivity index (χ2v) is 7.49. The number of aryl methyl sites for hydroxylation is 1. The maximum absolute atomic E-state index is 13.5. The molecule has 1 aromatic rings. The van der Waals surface area contributed by atoms with E-state index in [0.717, 1.165) is 17.7 Å². The van der Waals surface area contributed by atoms with E-state index in [1.165, 1.54) is 6.07 Å². The molecule has 1 N–H and O–H groups in total. The number of rotatable bonds is 2. The lowest BCUT2D eigenvalue weighted by Crippen LogP contribution is -2.36. The normalized spacial score (nSPS) is 18.5. The highest BCUT2D eigenvalue weighted by molar-refractivity contribution is 9.10. The van der Waals surface area contributed by atoms with Gasteiger partial charge in [0.25, 0.3) is 0 Å². The number of ether oxygens (including phenoxy) is 1. The van der Waals surface area contributed by atoms with Crippen molar-refractivity contribution in [3.05, 3.63) is 28.0 Å². The summed E-state index contributed by atoms with van der Waals surface area (Å²) in [4.78, 5) is 13.7. The Balaban J connectivity index is 1.97. The average Bonchev–Trinajstić information content (AvgIpc) is 2.82. The maximum Gasteiger partial charge on any atom is 0.410 e. The van der Waals surface area contributed by atoms with Crippen LogP contribution in [-0.4, -0.2) is 35.7 Å². The van der Waals surface area contributed by atoms with E-state index in [1.54, 1.807) is 11.0 Å². The minimum atomic E-state index is -0.485. The topological polar surface area (TPSA) is 41.6 Å². The van der Waals surface area contributed by atoms with Gasteiger partial charge in [-0.15, -0.1) is 0 Å². The van der Waals surface area contributed by atoms with Gasteiger partial charge in [-0.05, 0) is 67.7 Å². The predicted molar refractivity (Wildman–Crippen MR) is 88.7 cm³/mol. The van der Waals surface area contributed by atoms with Gasteiger partial charge in [0, 0.05) is 24.8 Å². The highest BCUT2D eigenvalue weighted by Crippen LogP contribution is 2.26. The van der Waals surface area contributed by atoms with Crippen LogP contribution < -0.4 is 5.32 Å². The lowest BCUT2D eigenvalue weighted by molar-refractivity contribution is 0.0293. The molecule has 1 amide bonds. The minimum Gasteiger partial charge on any atom is -0.444 e. The van der Waals surface area contributed by atoms with Crippen molar-refractivity contribution in [2.24, 2.45) is 0 Å². The zero-order chi connectivity index (χ0) is 16.5. The monoisotopic (exact) mass is 372 g/mol. The quantitative estimate of drug-likeness (QED) is 0.840. The van der Waals surface area contributed by atoms with Crippen molar-refractivity contribution in [1.82, 2.24) is 4.90 Å². The predicted octanol–water partition coefficient (Wildman–Crippen LogP) is 4.32. The Hall–Kier alpha value is -1.30. The first-order valence-corrected chi connectivity index (χ1v) is 8.15. The fraction of sp³-hybridized carbons (Fsp3) is 0.562. The molecule has 1 unspecified atom stereocenters. The van der Waals surface area contributed by atoms with Crippen molar-refractivity contribution in [3.63, 3.8) is 0 Å². The van der Waals surface area contributed by atoms with Gasteiger partial charge in [-0.25, -0.2) is 9.18 Å². The Morgan fingerprint density at radius 3 is 2.77 bits per heavy atom. The molecular weight excluding hydrogens is 351 g/mol. The number of nitrogens with one attached hydrogen (secondary N) is 1. The molecule has 1 aliphatic rings. The number of anilines is 1. The standard InChI is InChI=1S/C16H22BrFN2O2/c1-10-7-13(18)12(17)8-14(10)19-11-5-6-20(9-11)15(21)22-16(2,3)4/h7-8,11,19H,5-6,9H2,1-4H3. The smallest absolute Gasteiger partial charge is 0.410 e. The first-order valence-electron chi connectivity index (χ1n) is 7.36. The molecule has 1 fully saturated rings. The van der Waals surface area contributed by atoms with Gasteiger partial charge < -0.3 is 15.0 Å². The molecule has 1 aromatic carbocycles. The Kier molecular flexibility index (Phi) is 5.00. The number of nitrogens with zero attached hydrogens (tertiary/aromatic N) is 1. The molecule has 122 valence electrons. The van der Waals surface area contributed by atoms with Crippen LogP contribution in [0.15, 0.2) is 16.6 Å². The van der Waals surface area contributed by atoms with E-state index in [9.17, 15) is 9.18 Å². The Morgan fingerprint density at radius 1 is 1.45 bits per heavy atom. The second kappa shape index (κ2) is 6.44. The van der Waals surface area contributed by atoms with E-state index in [4.69, 9.17) is 4.74 Å². The van der Waals surface area contributed by atoms with Crippen LogP contribution in [0.5, 0.6) is 0 Å². The summed E-state index contributed by atoms with van der Waals surface area (Å²) in [6, 6.07) is 3.37. The van der Waals surface area contributed by atoms with E-state index < -0.39 is 5.60 Å². The molecule has 1 aliphatic heterocycles. The molecule has 0 radical (unpaired) electrons. The zero-order valence-corrected chi connectivity index (χ0v) is 15.0. The SMILES string of the molecule is Cc1cc(F)c(Br)cc1NC1CCN(C(=O)OC(C)(C)C)C1. The second-order valence-electron chi connectivity index (χ2n) is 6.64. The van der Waals surface area contributed by atoms with Gasteiger partial charge in [0.2, 0.25) is 0 Å². The number of carbonyl (C=O) groups excluding carboxylic acids is 1. The summed E-state index contributed by atoms with van der Waals surface area (Å²) in [6.07, 6.45) is 0.557. The summed E-state index contributed by atoms with van der Waals surface area (Å²) in [5.41, 5.74) is 1.24. The molecule has 6 heteroatoms. The number of amides is 1. The summed E-state index contributed by atoms with van der Waals surface area (Å²) < 4.78 is 19.3. The van der Waals surface area contributed by atoms with Crippen LogP contribution in [0.25, 0.3) is 0 Å². The number of hydrogen-bond acceptors (Lipinski definition) is 3. The lowest BCUT2D eigenvalue weighted by Gasteiger charge is -2.24. The van der Waals surface area contributed by atoms with Gasteiger partial charge in [0.05, 0.1) is 4.47 Å². The van der Waals surface area contributed by atoms with Gasteiger partial charge in [0.15, 0.2) is 0 Å². The molecular formula is C16H22BrFN2O2. The van der Waals surface area contributed by atoms with Crippen molar-refractivity contribution in [2.45, 2.75) is 45.8 Å². The first kappa shape index (κ1) is 17.1. The number of benzene rings is 1. The Morgan fingerprint density at radius 2 is 2.14 bits per heavy atom. The number of halogens is 2. The van der Waals surface area contributed by atoms with E-state index in [1.807, 2.05) is 27.7 Å². The van der Waals surface area contributed by atoms with Crippen LogP contribution in [0, 0.1) is 12.7 Å². The Bertz CT molecular complexity index is 572. The summed E-state index contributed by atoms with van der Waals surface area (Å²) >= 11 is 3.20. The van der Waals surface area contributed by atoms with Crippen LogP contribution in [0.1, 0.15) is 32.8 Å². The minimum absolute atomic E-state index is 0.142. The van der Waals surface area contributed by atoms with Gasteiger partial charge in [-0.2, -0.15) is 0 Å². The Labute approximate surface area is 139 Å². The molecule has 1 atom stereocenters. The van der Waals surface area contributed by atoms with E-state index >= 15 is 0 Å². The number of likely N-dealkylation sites (tertiary alicyclic amines) is 1. The van der Waals surface area contributed by atoms with Crippen LogP contribution in [-0.2, 0) is 4.74 Å². The molecule has 1 heterocycles. The first-order chi connectivity index (χ1) is 10.2. The van der Waals surface area contributed by atoms with Crippen molar-refractivity contribution in [1.29, 1.82) is 0 Å². The van der Waals surface area contributed by atoms with Crippen LogP contribution in [0.2, 0.25) is 0 Å². The van der Waals surface area contributed by atoms with Crippen LogP contribution >= 0.6 is 15.9 Å². The fourth-order valence-corrected chi connectivity index (χ4v) is 2.74. The molecule has 22 heavy (non-hydrogen) atoms. The van der Waals surface area contributed by atoms with E-state index in [0.29, 0.717) is 17.6 Å². The summed E-state index contributed by atoms with van der Waals surface area (Å²) in [7, 11) is 0. The van der Waals surface area contributed by atoms with E-state index in [2.05, 4.69) is 21.2 Å². The number of carbonyl (C=O) groups is 1. The van der Waals surface area contributed by atoms with Gasteiger partial charge in [0.1, 0.15) is 11.4 Å². The average molecular weight is 373 g/mol. The molecule has 2 rings (SSSR count). The summed E-state index contributed by atoms with van der Waals surface area (Å²) in [5.74, 6) is -0.273. The van der Waals surface area contributed by atoms with Gasteiger partial charge in [-0.3, -0.25) is 0 Å². The molecule has 1 saturated heterocycles. The highest BCUT2D eigenvalue weighted by Gasteiger charge is 2.29. The maximum atomic E-state index is 13.5. The van der Waals surface area contributed by atoms with Crippen molar-refractivity contribution >= 4 is 27.7 Å². The third-order valence-corrected chi connectivity index (χ3v) is 4.07. The fourth-order valence-electron chi connectivity index (χ4n) is 2.39.